The van der Waals surface area contributed by atoms with E-state index in [4.69, 9.17) is 11.6 Å². The second-order valence-corrected chi connectivity index (χ2v) is 8.80. The summed E-state index contributed by atoms with van der Waals surface area (Å²) >= 11 is 0. The second-order valence-electron chi connectivity index (χ2n) is 8.80. The molecule has 1 heterocycles. The molecule has 0 atom stereocenters. The van der Waals surface area contributed by atoms with Gasteiger partial charge in [-0.3, -0.25) is 4.57 Å². The lowest BCUT2D eigenvalue weighted by Gasteiger charge is -2.21. The van der Waals surface area contributed by atoms with E-state index in [0.717, 1.165) is 44.9 Å². The summed E-state index contributed by atoms with van der Waals surface area (Å²) in [6.45, 7) is 7.48. The van der Waals surface area contributed by atoms with Crippen LogP contribution in [-0.2, 0) is 0 Å². The Balaban J connectivity index is 1.70. The smallest absolute Gasteiger partial charge is 0.187 e. The van der Waals surface area contributed by atoms with Gasteiger partial charge >= 0.3 is 0 Å². The number of benzene rings is 5. The van der Waals surface area contributed by atoms with Crippen LogP contribution in [0.4, 0.5) is 5.69 Å². The lowest BCUT2D eigenvalue weighted by atomic mass is 9.90. The van der Waals surface area contributed by atoms with E-state index in [9.17, 15) is 0 Å². The molecule has 1 aromatic heterocycles. The van der Waals surface area contributed by atoms with Crippen molar-refractivity contribution in [2.75, 3.05) is 0 Å². The zero-order valence-electron chi connectivity index (χ0n) is 20.1. The zero-order valence-corrected chi connectivity index (χ0v) is 20.1. The third-order valence-corrected chi connectivity index (χ3v) is 6.50. The summed E-state index contributed by atoms with van der Waals surface area (Å²) in [6, 6.07) is 43.7. The van der Waals surface area contributed by atoms with Crippen molar-refractivity contribution in [1.82, 2.24) is 9.55 Å². The van der Waals surface area contributed by atoms with Gasteiger partial charge in [-0.2, -0.15) is 0 Å². The number of rotatable bonds is 5. The van der Waals surface area contributed by atoms with E-state index < -0.39 is 0 Å². The molecule has 0 N–H and O–H groups in total. The molecule has 0 bridgehead atoms. The minimum absolute atomic E-state index is 0.595. The van der Waals surface area contributed by atoms with Crippen LogP contribution in [0.25, 0.3) is 55.3 Å². The van der Waals surface area contributed by atoms with Crippen LogP contribution in [0.2, 0.25) is 0 Å². The summed E-state index contributed by atoms with van der Waals surface area (Å²) in [5, 5.41) is 0. The first-order chi connectivity index (χ1) is 18.3. The van der Waals surface area contributed by atoms with Gasteiger partial charge in [-0.1, -0.05) is 109 Å². The van der Waals surface area contributed by atoms with Gasteiger partial charge in [0.25, 0.3) is 0 Å². The fourth-order valence-corrected chi connectivity index (χ4v) is 4.78. The maximum absolute atomic E-state index is 7.48. The summed E-state index contributed by atoms with van der Waals surface area (Å²) in [4.78, 5) is 8.38. The molecule has 37 heavy (non-hydrogen) atoms. The quantitative estimate of drug-likeness (QED) is 0.229. The molecule has 0 radical (unpaired) electrons. The SMILES string of the molecule is [C-]#[N+]c1cccc(-c2nccn2-c2c(-c3ccccc3)cc(-c3ccccc3)cc2-c2ccccc2)c1. The molecule has 6 rings (SSSR count). The van der Waals surface area contributed by atoms with Gasteiger partial charge in [0.1, 0.15) is 5.82 Å². The molecule has 3 heteroatoms. The minimum Gasteiger partial charge on any atom is -0.299 e. The molecule has 3 nitrogen and oxygen atoms in total. The summed E-state index contributed by atoms with van der Waals surface area (Å²) in [5.41, 5.74) is 9.35. The highest BCUT2D eigenvalue weighted by atomic mass is 15.1. The molecule has 0 spiro atoms. The van der Waals surface area contributed by atoms with Crippen LogP contribution in [-0.4, -0.2) is 9.55 Å². The van der Waals surface area contributed by atoms with Gasteiger partial charge in [-0.15, -0.1) is 0 Å². The number of hydrogen-bond donors (Lipinski definition) is 0. The van der Waals surface area contributed by atoms with Gasteiger partial charge in [0, 0.05) is 29.1 Å². The predicted octanol–water partition coefficient (Wildman–Crippen LogP) is 9.09. The number of imidazole rings is 1. The van der Waals surface area contributed by atoms with Crippen LogP contribution in [0.3, 0.4) is 0 Å². The van der Waals surface area contributed by atoms with Crippen LogP contribution in [0.1, 0.15) is 0 Å². The Morgan fingerprint density at radius 1 is 0.541 bits per heavy atom. The zero-order chi connectivity index (χ0) is 25.0. The molecule has 0 unspecified atom stereocenters. The van der Waals surface area contributed by atoms with Crippen molar-refractivity contribution < 1.29 is 0 Å². The maximum Gasteiger partial charge on any atom is 0.187 e. The maximum atomic E-state index is 7.48. The van der Waals surface area contributed by atoms with Crippen molar-refractivity contribution in [3.63, 3.8) is 0 Å². The largest absolute Gasteiger partial charge is 0.299 e. The van der Waals surface area contributed by atoms with Gasteiger partial charge in [-0.25, -0.2) is 9.83 Å². The van der Waals surface area contributed by atoms with Crippen molar-refractivity contribution in [2.45, 2.75) is 0 Å². The van der Waals surface area contributed by atoms with Crippen LogP contribution in [0.15, 0.2) is 140 Å². The van der Waals surface area contributed by atoms with Gasteiger partial charge < -0.3 is 0 Å². The Morgan fingerprint density at radius 2 is 1.08 bits per heavy atom. The molecule has 0 aliphatic rings. The number of hydrogen-bond acceptors (Lipinski definition) is 1. The van der Waals surface area contributed by atoms with Crippen molar-refractivity contribution >= 4 is 5.69 Å². The third-order valence-electron chi connectivity index (χ3n) is 6.50. The van der Waals surface area contributed by atoms with Crippen molar-refractivity contribution in [3.8, 4) is 50.5 Å². The molecule has 0 aliphatic carbocycles. The molecule has 0 saturated heterocycles. The number of nitrogens with zero attached hydrogens (tertiary/aromatic N) is 3. The Labute approximate surface area is 216 Å². The summed E-state index contributed by atoms with van der Waals surface area (Å²) in [5.74, 6) is 0.798. The van der Waals surface area contributed by atoms with Crippen molar-refractivity contribution in [3.05, 3.63) is 151 Å². The van der Waals surface area contributed by atoms with Crippen LogP contribution < -0.4 is 0 Å². The first kappa shape index (κ1) is 22.3. The average molecular weight is 474 g/mol. The van der Waals surface area contributed by atoms with Crippen LogP contribution >= 0.6 is 0 Å². The molecule has 0 aliphatic heterocycles. The van der Waals surface area contributed by atoms with E-state index in [-0.39, 0.29) is 0 Å². The lowest BCUT2D eigenvalue weighted by molar-refractivity contribution is 1.07. The van der Waals surface area contributed by atoms with E-state index in [2.05, 4.69) is 94.3 Å². The van der Waals surface area contributed by atoms with Gasteiger partial charge in [-0.05, 0) is 40.5 Å². The Hall–Kier alpha value is -5.20. The predicted molar refractivity (Wildman–Crippen MR) is 152 cm³/mol. The van der Waals surface area contributed by atoms with Gasteiger partial charge in [0.05, 0.1) is 12.3 Å². The molecular formula is C34H23N3. The molecule has 5 aromatic carbocycles. The van der Waals surface area contributed by atoms with Crippen molar-refractivity contribution in [1.29, 1.82) is 0 Å². The fraction of sp³-hybridized carbons (Fsp3) is 0. The molecule has 0 saturated carbocycles. The first-order valence-corrected chi connectivity index (χ1v) is 12.2. The summed E-state index contributed by atoms with van der Waals surface area (Å²) in [6.07, 6.45) is 3.84. The lowest BCUT2D eigenvalue weighted by Crippen LogP contribution is -2.03. The van der Waals surface area contributed by atoms with E-state index in [0.29, 0.717) is 5.69 Å². The molecule has 0 amide bonds. The third kappa shape index (κ3) is 4.33. The van der Waals surface area contributed by atoms with E-state index in [1.165, 1.54) is 5.56 Å². The van der Waals surface area contributed by atoms with Crippen LogP contribution in [0, 0.1) is 6.57 Å². The minimum atomic E-state index is 0.595. The van der Waals surface area contributed by atoms with Crippen molar-refractivity contribution in [2.24, 2.45) is 0 Å². The highest BCUT2D eigenvalue weighted by Crippen LogP contribution is 2.41. The topological polar surface area (TPSA) is 22.2 Å². The highest BCUT2D eigenvalue weighted by Gasteiger charge is 2.19. The highest BCUT2D eigenvalue weighted by molar-refractivity contribution is 5.91. The monoisotopic (exact) mass is 473 g/mol. The van der Waals surface area contributed by atoms with E-state index in [1.807, 2.05) is 54.9 Å². The van der Waals surface area contributed by atoms with Crippen LogP contribution in [0.5, 0.6) is 0 Å². The molecule has 0 fully saturated rings. The molecule has 174 valence electrons. The summed E-state index contributed by atoms with van der Waals surface area (Å²) in [7, 11) is 0. The standard InChI is InChI=1S/C34H23N3/c1-35-30-19-11-18-28(22-30)34-36-20-21-37(34)33-31(26-14-7-3-8-15-26)23-29(25-12-5-2-6-13-25)24-32(33)27-16-9-4-10-17-27/h2-24H. The number of aromatic nitrogens is 2. The Kier molecular flexibility index (Phi) is 5.91. The average Bonchev–Trinajstić information content (AvgIpc) is 3.47. The summed E-state index contributed by atoms with van der Waals surface area (Å²) < 4.78 is 2.16. The van der Waals surface area contributed by atoms with E-state index in [1.54, 1.807) is 0 Å². The molecule has 6 aromatic rings. The second kappa shape index (κ2) is 9.81. The normalized spacial score (nSPS) is 10.7. The van der Waals surface area contributed by atoms with E-state index >= 15 is 0 Å². The Bertz CT molecular complexity index is 1650. The molecular weight excluding hydrogens is 450 g/mol. The van der Waals surface area contributed by atoms with Gasteiger partial charge in [0.15, 0.2) is 5.69 Å². The first-order valence-electron chi connectivity index (χ1n) is 12.2. The van der Waals surface area contributed by atoms with Gasteiger partial charge in [0.2, 0.25) is 0 Å². The fourth-order valence-electron chi connectivity index (χ4n) is 4.78. The Morgan fingerprint density at radius 3 is 1.65 bits per heavy atom.